The zero-order valence-electron chi connectivity index (χ0n) is 16.1. The normalized spacial score (nSPS) is 20.6. The van der Waals surface area contributed by atoms with Gasteiger partial charge >= 0.3 is 0 Å². The zero-order chi connectivity index (χ0) is 20.1. The molecule has 0 amide bonds. The van der Waals surface area contributed by atoms with Crippen LogP contribution in [0.5, 0.6) is 0 Å². The van der Waals surface area contributed by atoms with Gasteiger partial charge in [-0.3, -0.25) is 0 Å². The smallest absolute Gasteiger partial charge is 0.271 e. The van der Waals surface area contributed by atoms with E-state index in [1.807, 2.05) is 12.1 Å². The molecule has 3 aromatic rings. The third-order valence-corrected chi connectivity index (χ3v) is 7.33. The number of benzene rings is 2. The van der Waals surface area contributed by atoms with E-state index in [0.29, 0.717) is 28.9 Å². The van der Waals surface area contributed by atoms with Crippen LogP contribution in [0.25, 0.3) is 11.0 Å². The molecular weight excluding hydrogens is 396 g/mol. The first-order valence-electron chi connectivity index (χ1n) is 9.28. The van der Waals surface area contributed by atoms with Gasteiger partial charge in [0.2, 0.25) is 0 Å². The molecule has 1 aromatic heterocycles. The molecule has 0 saturated carbocycles. The number of hydrogen-bond donors (Lipinski definition) is 1. The van der Waals surface area contributed by atoms with E-state index in [9.17, 15) is 8.42 Å². The minimum absolute atomic E-state index is 0.0777. The molecule has 0 spiro atoms. The number of para-hydroxylation sites is 1. The highest BCUT2D eigenvalue weighted by Gasteiger charge is 2.28. The van der Waals surface area contributed by atoms with E-state index in [1.54, 1.807) is 31.2 Å². The van der Waals surface area contributed by atoms with Gasteiger partial charge in [-0.15, -0.1) is 0 Å². The van der Waals surface area contributed by atoms with Gasteiger partial charge in [-0.05, 0) is 45.0 Å². The van der Waals surface area contributed by atoms with Crippen molar-refractivity contribution < 1.29 is 8.42 Å². The van der Waals surface area contributed by atoms with E-state index in [1.165, 1.54) is 10.0 Å². The topological polar surface area (TPSA) is 67.2 Å². The monoisotopic (exact) mass is 418 g/mol. The number of aryl methyl sites for hydroxylation is 1. The fraction of sp³-hybridized carbons (Fsp3) is 0.350. The number of fused-ring (bicyclic) bond motifs is 1. The first-order valence-corrected chi connectivity index (χ1v) is 11.1. The highest BCUT2D eigenvalue weighted by atomic mass is 35.5. The van der Waals surface area contributed by atoms with E-state index in [2.05, 4.69) is 29.0 Å². The van der Waals surface area contributed by atoms with Gasteiger partial charge in [-0.2, -0.15) is 0 Å². The zero-order valence-corrected chi connectivity index (χ0v) is 17.6. The van der Waals surface area contributed by atoms with Crippen molar-refractivity contribution in [3.8, 4) is 0 Å². The molecule has 0 radical (unpaired) electrons. The molecule has 1 saturated heterocycles. The molecule has 6 nitrogen and oxygen atoms in total. The number of nitrogens with zero attached hydrogens (tertiary/aromatic N) is 3. The summed E-state index contributed by atoms with van der Waals surface area (Å²) in [5.41, 5.74) is 2.21. The van der Waals surface area contributed by atoms with E-state index >= 15 is 0 Å². The van der Waals surface area contributed by atoms with Gasteiger partial charge in [-0.25, -0.2) is 17.4 Å². The van der Waals surface area contributed by atoms with Gasteiger partial charge in [0, 0.05) is 25.2 Å². The summed E-state index contributed by atoms with van der Waals surface area (Å²) in [4.78, 5) is 6.99. The molecule has 1 aliphatic heterocycles. The van der Waals surface area contributed by atoms with Crippen molar-refractivity contribution >= 4 is 38.3 Å². The quantitative estimate of drug-likeness (QED) is 0.705. The Morgan fingerprint density at radius 3 is 2.43 bits per heavy atom. The van der Waals surface area contributed by atoms with E-state index in [4.69, 9.17) is 11.6 Å². The number of rotatable bonds is 3. The second kappa shape index (κ2) is 7.06. The Labute approximate surface area is 170 Å². The molecule has 2 atom stereocenters. The van der Waals surface area contributed by atoms with Crippen LogP contribution in [0.2, 0.25) is 5.02 Å². The number of halogens is 1. The molecule has 1 N–H and O–H groups in total. The van der Waals surface area contributed by atoms with Crippen LogP contribution < -0.4 is 10.2 Å². The summed E-state index contributed by atoms with van der Waals surface area (Å²) in [7, 11) is -3.86. The van der Waals surface area contributed by atoms with E-state index in [0.717, 1.165) is 18.8 Å². The van der Waals surface area contributed by atoms with Crippen molar-refractivity contribution in [1.29, 1.82) is 0 Å². The lowest BCUT2D eigenvalue weighted by Gasteiger charge is -2.37. The van der Waals surface area contributed by atoms with Crippen LogP contribution in [0.15, 0.2) is 47.4 Å². The summed E-state index contributed by atoms with van der Waals surface area (Å²) >= 11 is 6.19. The van der Waals surface area contributed by atoms with Gasteiger partial charge in [0.1, 0.15) is 16.2 Å². The van der Waals surface area contributed by atoms with Crippen LogP contribution in [0.3, 0.4) is 0 Å². The molecule has 0 aliphatic carbocycles. The molecule has 0 bridgehead atoms. The van der Waals surface area contributed by atoms with Gasteiger partial charge in [0.25, 0.3) is 10.0 Å². The van der Waals surface area contributed by atoms with Crippen molar-refractivity contribution in [2.45, 2.75) is 37.8 Å². The van der Waals surface area contributed by atoms with E-state index < -0.39 is 10.0 Å². The molecule has 1 aliphatic rings. The van der Waals surface area contributed by atoms with Gasteiger partial charge in [0.05, 0.1) is 16.2 Å². The maximum absolute atomic E-state index is 13.4. The minimum Gasteiger partial charge on any atom is -0.367 e. The SMILES string of the molecule is Cc1nc2c(N3C[C@@H](C)N[C@@H](C)C3)cccc2n1S(=O)(=O)c1ccccc1Cl. The maximum atomic E-state index is 13.4. The Balaban J connectivity index is 1.89. The highest BCUT2D eigenvalue weighted by Crippen LogP contribution is 2.32. The van der Waals surface area contributed by atoms with Gasteiger partial charge in [-0.1, -0.05) is 29.8 Å². The first kappa shape index (κ1) is 19.2. The lowest BCUT2D eigenvalue weighted by atomic mass is 10.1. The lowest BCUT2D eigenvalue weighted by molar-refractivity contribution is 0.407. The fourth-order valence-corrected chi connectivity index (χ4v) is 6.00. The third kappa shape index (κ3) is 3.17. The fourth-order valence-electron chi connectivity index (χ4n) is 4.01. The van der Waals surface area contributed by atoms with Crippen LogP contribution in [0, 0.1) is 6.92 Å². The Hall–Kier alpha value is -2.09. The molecule has 4 rings (SSSR count). The number of piperazine rings is 1. The molecule has 8 heteroatoms. The van der Waals surface area contributed by atoms with Crippen molar-refractivity contribution in [2.24, 2.45) is 0 Å². The minimum atomic E-state index is -3.86. The number of imidazole rings is 1. The summed E-state index contributed by atoms with van der Waals surface area (Å²) in [5.74, 6) is 0.415. The number of anilines is 1. The summed E-state index contributed by atoms with van der Waals surface area (Å²) in [6.07, 6.45) is 0. The summed E-state index contributed by atoms with van der Waals surface area (Å²) in [5, 5.41) is 3.72. The molecule has 1 fully saturated rings. The summed E-state index contributed by atoms with van der Waals surface area (Å²) in [6.45, 7) is 7.68. The predicted octanol–water partition coefficient (Wildman–Crippen LogP) is 3.42. The van der Waals surface area contributed by atoms with Crippen LogP contribution in [0.1, 0.15) is 19.7 Å². The average Bonchev–Trinajstić information content (AvgIpc) is 2.97. The van der Waals surface area contributed by atoms with Crippen LogP contribution in [-0.4, -0.2) is 42.5 Å². The molecule has 0 unspecified atom stereocenters. The second-order valence-corrected chi connectivity index (χ2v) is 9.54. The maximum Gasteiger partial charge on any atom is 0.271 e. The van der Waals surface area contributed by atoms with Crippen LogP contribution in [0.4, 0.5) is 5.69 Å². The van der Waals surface area contributed by atoms with Crippen molar-refractivity contribution in [3.63, 3.8) is 0 Å². The molecular formula is C20H23ClN4O2S. The predicted molar refractivity (Wildman–Crippen MR) is 113 cm³/mol. The van der Waals surface area contributed by atoms with E-state index in [-0.39, 0.29) is 9.92 Å². The molecule has 2 aromatic carbocycles. The Morgan fingerprint density at radius 2 is 1.75 bits per heavy atom. The second-order valence-electron chi connectivity index (χ2n) is 7.38. The highest BCUT2D eigenvalue weighted by molar-refractivity contribution is 7.90. The first-order chi connectivity index (χ1) is 13.3. The third-order valence-electron chi connectivity index (χ3n) is 5.03. The number of hydrogen-bond acceptors (Lipinski definition) is 5. The molecule has 148 valence electrons. The average molecular weight is 419 g/mol. The Morgan fingerprint density at radius 1 is 1.07 bits per heavy atom. The molecule has 28 heavy (non-hydrogen) atoms. The standard InChI is InChI=1S/C20H23ClN4O2S/c1-13-11-24(12-14(2)22-13)17-8-6-9-18-20(17)23-15(3)25(18)28(26,27)19-10-5-4-7-16(19)21/h4-10,13-14,22H,11-12H2,1-3H3/t13-,14+. The largest absolute Gasteiger partial charge is 0.367 e. The lowest BCUT2D eigenvalue weighted by Crippen LogP contribution is -2.54. The van der Waals surface area contributed by atoms with Crippen molar-refractivity contribution in [1.82, 2.24) is 14.3 Å². The molecule has 2 heterocycles. The van der Waals surface area contributed by atoms with Gasteiger partial charge < -0.3 is 10.2 Å². The van der Waals surface area contributed by atoms with Crippen molar-refractivity contribution in [3.05, 3.63) is 53.3 Å². The number of aromatic nitrogens is 2. The Kier molecular flexibility index (Phi) is 4.85. The van der Waals surface area contributed by atoms with Gasteiger partial charge in [0.15, 0.2) is 0 Å². The van der Waals surface area contributed by atoms with Crippen molar-refractivity contribution in [2.75, 3.05) is 18.0 Å². The Bertz CT molecular complexity index is 1130. The summed E-state index contributed by atoms with van der Waals surface area (Å²) < 4.78 is 28.0. The number of nitrogens with one attached hydrogen (secondary N) is 1. The van der Waals surface area contributed by atoms with Crippen LogP contribution in [-0.2, 0) is 10.0 Å². The van der Waals surface area contributed by atoms with Crippen LogP contribution >= 0.6 is 11.6 Å². The summed E-state index contributed by atoms with van der Waals surface area (Å²) in [6, 6.07) is 12.9.